The third-order valence-electron chi connectivity index (χ3n) is 10.6. The predicted molar refractivity (Wildman–Crippen MR) is 201 cm³/mol. The van der Waals surface area contributed by atoms with Crippen LogP contribution in [0.2, 0.25) is 0 Å². The van der Waals surface area contributed by atoms with Gasteiger partial charge in [0, 0.05) is 12.8 Å². The summed E-state index contributed by atoms with van der Waals surface area (Å²) in [5, 5.41) is 40.0. The molecule has 0 aliphatic carbocycles. The minimum Gasteiger partial charge on any atom is -0.462 e. The third kappa shape index (κ3) is 23.9. The molecule has 10 heteroatoms. The molecule has 0 radical (unpaired) electrons. The first-order chi connectivity index (χ1) is 24.6. The average Bonchev–Trinajstić information content (AvgIpc) is 3.13. The summed E-state index contributed by atoms with van der Waals surface area (Å²) in [7, 11) is 0. The van der Waals surface area contributed by atoms with Crippen molar-refractivity contribution >= 4 is 11.9 Å². The van der Waals surface area contributed by atoms with Gasteiger partial charge < -0.3 is 39.4 Å². The minimum atomic E-state index is -1.59. The van der Waals surface area contributed by atoms with E-state index in [1.807, 2.05) is 0 Å². The average molecular weight is 731 g/mol. The number of aliphatic hydroxyl groups is 4. The number of hydrogen-bond acceptors (Lipinski definition) is 10. The highest BCUT2D eigenvalue weighted by Gasteiger charge is 2.44. The summed E-state index contributed by atoms with van der Waals surface area (Å²) >= 11 is 0. The number of carbonyl (C=O) groups is 2. The van der Waals surface area contributed by atoms with Gasteiger partial charge in [-0.2, -0.15) is 0 Å². The lowest BCUT2D eigenvalue weighted by molar-refractivity contribution is -0.305. The van der Waals surface area contributed by atoms with Crippen LogP contribution in [0.5, 0.6) is 0 Å². The van der Waals surface area contributed by atoms with Crippen LogP contribution in [0.3, 0.4) is 0 Å². The van der Waals surface area contributed by atoms with E-state index >= 15 is 0 Å². The van der Waals surface area contributed by atoms with E-state index in [-0.39, 0.29) is 32.0 Å². The smallest absolute Gasteiger partial charge is 0.306 e. The van der Waals surface area contributed by atoms with Gasteiger partial charge in [-0.3, -0.25) is 9.59 Å². The van der Waals surface area contributed by atoms with Crippen LogP contribution >= 0.6 is 0 Å². The summed E-state index contributed by atoms with van der Waals surface area (Å²) in [6.07, 6.45) is 18.3. The van der Waals surface area contributed by atoms with E-state index in [0.717, 1.165) is 50.4 Å². The van der Waals surface area contributed by atoms with Gasteiger partial charge in [-0.15, -0.1) is 0 Å². The Labute approximate surface area is 310 Å². The Morgan fingerprint density at radius 2 is 1.02 bits per heavy atom. The van der Waals surface area contributed by atoms with Gasteiger partial charge in [0.25, 0.3) is 0 Å². The summed E-state index contributed by atoms with van der Waals surface area (Å²) < 4.78 is 22.1. The summed E-state index contributed by atoms with van der Waals surface area (Å²) in [4.78, 5) is 25.2. The van der Waals surface area contributed by atoms with E-state index in [0.29, 0.717) is 6.42 Å². The van der Waals surface area contributed by atoms with Crippen molar-refractivity contribution in [3.63, 3.8) is 0 Å². The molecule has 1 saturated heterocycles. The largest absolute Gasteiger partial charge is 0.462 e. The standard InChI is InChI=1S/C41H78O10/c1-5-32(3)25-21-17-13-9-7-8-10-15-19-23-27-36(43)48-30-34(31-49-41-40(47)39(46)38(45)35(29-42)51-41)50-37(44)28-24-20-16-12-11-14-18-22-26-33(4)6-2/h32-35,38-42,45-47H,5-31H2,1-4H3/t32?,33?,34?,35-,38+,39+,40-,41-/m1/s1. The van der Waals surface area contributed by atoms with Crippen molar-refractivity contribution in [3.8, 4) is 0 Å². The van der Waals surface area contributed by atoms with Gasteiger partial charge in [0.05, 0.1) is 13.2 Å². The zero-order valence-corrected chi connectivity index (χ0v) is 32.9. The molecule has 8 atom stereocenters. The van der Waals surface area contributed by atoms with E-state index in [1.165, 1.54) is 96.3 Å². The van der Waals surface area contributed by atoms with Crippen LogP contribution in [-0.4, -0.2) is 89.0 Å². The zero-order valence-electron chi connectivity index (χ0n) is 32.9. The fourth-order valence-electron chi connectivity index (χ4n) is 6.43. The molecule has 0 amide bonds. The van der Waals surface area contributed by atoms with Crippen LogP contribution in [-0.2, 0) is 28.5 Å². The summed E-state index contributed by atoms with van der Waals surface area (Å²) in [6, 6.07) is 0. The molecule has 302 valence electrons. The van der Waals surface area contributed by atoms with Gasteiger partial charge in [-0.05, 0) is 24.7 Å². The molecule has 1 aliphatic heterocycles. The lowest BCUT2D eigenvalue weighted by Crippen LogP contribution is -2.59. The lowest BCUT2D eigenvalue weighted by Gasteiger charge is -2.39. The van der Waals surface area contributed by atoms with Crippen molar-refractivity contribution < 1.29 is 49.0 Å². The van der Waals surface area contributed by atoms with Crippen LogP contribution in [0.25, 0.3) is 0 Å². The van der Waals surface area contributed by atoms with E-state index < -0.39 is 49.4 Å². The molecule has 3 unspecified atom stereocenters. The predicted octanol–water partition coefficient (Wildman–Crippen LogP) is 7.93. The summed E-state index contributed by atoms with van der Waals surface area (Å²) in [6.45, 7) is 8.09. The van der Waals surface area contributed by atoms with Crippen LogP contribution in [0, 0.1) is 11.8 Å². The zero-order chi connectivity index (χ0) is 37.7. The minimum absolute atomic E-state index is 0.212. The molecule has 1 heterocycles. The highest BCUT2D eigenvalue weighted by molar-refractivity contribution is 5.70. The van der Waals surface area contributed by atoms with Crippen molar-refractivity contribution in [2.45, 2.75) is 219 Å². The van der Waals surface area contributed by atoms with Gasteiger partial charge in [0.2, 0.25) is 0 Å². The number of unbranched alkanes of at least 4 members (excludes halogenated alkanes) is 16. The fourth-order valence-corrected chi connectivity index (χ4v) is 6.43. The summed E-state index contributed by atoms with van der Waals surface area (Å²) in [5.74, 6) is 0.860. The highest BCUT2D eigenvalue weighted by atomic mass is 16.7. The topological polar surface area (TPSA) is 152 Å². The molecular formula is C41H78O10. The van der Waals surface area contributed by atoms with E-state index in [4.69, 9.17) is 18.9 Å². The Morgan fingerprint density at radius 1 is 0.588 bits per heavy atom. The number of ether oxygens (including phenoxy) is 4. The SMILES string of the molecule is CCC(C)CCCCCCCCCCCCC(=O)OCC(CO[C@@H]1O[C@H](CO)[C@H](O)[C@H](O)[C@H]1O)OC(=O)CCCCCCCCCCC(C)CC. The molecule has 0 bridgehead atoms. The van der Waals surface area contributed by atoms with Crippen LogP contribution < -0.4 is 0 Å². The van der Waals surface area contributed by atoms with E-state index in [2.05, 4.69) is 27.7 Å². The van der Waals surface area contributed by atoms with Gasteiger partial charge in [0.15, 0.2) is 12.4 Å². The Kier molecular flexibility index (Phi) is 29.1. The Bertz CT molecular complexity index is 839. The van der Waals surface area contributed by atoms with Crippen molar-refractivity contribution in [1.82, 2.24) is 0 Å². The first-order valence-corrected chi connectivity index (χ1v) is 20.9. The van der Waals surface area contributed by atoms with Crippen LogP contribution in [0.4, 0.5) is 0 Å². The monoisotopic (exact) mass is 731 g/mol. The lowest BCUT2D eigenvalue weighted by atomic mass is 9.99. The van der Waals surface area contributed by atoms with Crippen molar-refractivity contribution in [2.75, 3.05) is 19.8 Å². The van der Waals surface area contributed by atoms with Gasteiger partial charge in [0.1, 0.15) is 31.0 Å². The first kappa shape index (κ1) is 47.7. The Balaban J connectivity index is 2.37. The molecule has 0 saturated carbocycles. The molecule has 4 N–H and O–H groups in total. The van der Waals surface area contributed by atoms with Crippen LogP contribution in [0.15, 0.2) is 0 Å². The number of aliphatic hydroxyl groups excluding tert-OH is 4. The third-order valence-corrected chi connectivity index (χ3v) is 10.6. The molecule has 0 aromatic carbocycles. The quantitative estimate of drug-likeness (QED) is 0.0387. The number of hydrogen-bond donors (Lipinski definition) is 4. The first-order valence-electron chi connectivity index (χ1n) is 20.9. The van der Waals surface area contributed by atoms with Crippen molar-refractivity contribution in [2.24, 2.45) is 11.8 Å². The molecule has 10 nitrogen and oxygen atoms in total. The highest BCUT2D eigenvalue weighted by Crippen LogP contribution is 2.23. The fraction of sp³-hybridized carbons (Fsp3) is 0.951. The molecule has 0 aromatic rings. The molecule has 1 rings (SSSR count). The maximum absolute atomic E-state index is 12.7. The van der Waals surface area contributed by atoms with Gasteiger partial charge in [-0.1, -0.05) is 156 Å². The molecule has 0 spiro atoms. The van der Waals surface area contributed by atoms with Gasteiger partial charge >= 0.3 is 11.9 Å². The number of esters is 2. The molecule has 1 fully saturated rings. The molecule has 0 aromatic heterocycles. The second kappa shape index (κ2) is 31.1. The maximum Gasteiger partial charge on any atom is 0.306 e. The maximum atomic E-state index is 12.7. The Morgan fingerprint density at radius 3 is 1.47 bits per heavy atom. The molecular weight excluding hydrogens is 652 g/mol. The molecule has 51 heavy (non-hydrogen) atoms. The van der Waals surface area contributed by atoms with Gasteiger partial charge in [-0.25, -0.2) is 0 Å². The van der Waals surface area contributed by atoms with Crippen molar-refractivity contribution in [3.05, 3.63) is 0 Å². The second-order valence-corrected chi connectivity index (χ2v) is 15.3. The van der Waals surface area contributed by atoms with E-state index in [1.54, 1.807) is 0 Å². The normalized spacial score (nSPS) is 22.4. The second-order valence-electron chi connectivity index (χ2n) is 15.3. The van der Waals surface area contributed by atoms with Crippen molar-refractivity contribution in [1.29, 1.82) is 0 Å². The van der Waals surface area contributed by atoms with E-state index in [9.17, 15) is 30.0 Å². The molecule has 1 aliphatic rings. The number of carbonyl (C=O) groups excluding carboxylic acids is 2. The Hall–Kier alpha value is -1.30. The summed E-state index contributed by atoms with van der Waals surface area (Å²) in [5.41, 5.74) is 0. The number of rotatable bonds is 33. The van der Waals surface area contributed by atoms with Crippen LogP contribution in [0.1, 0.15) is 182 Å².